The molecule has 0 amide bonds. The first kappa shape index (κ1) is 12.1. The number of nitrogens with two attached hydrogens (primary N) is 1. The molecule has 0 unspecified atom stereocenters. The number of nitrogens with one attached hydrogen (secondary N) is 1. The molecule has 0 aliphatic heterocycles. The summed E-state index contributed by atoms with van der Waals surface area (Å²) < 4.78 is 0. The van der Waals surface area contributed by atoms with Gasteiger partial charge in [-0.2, -0.15) is 0 Å². The molecule has 0 aromatic carbocycles. The average Bonchev–Trinajstić information content (AvgIpc) is 2.63. The van der Waals surface area contributed by atoms with Gasteiger partial charge >= 0.3 is 0 Å². The smallest absolute Gasteiger partial charge is 0.135 e. The van der Waals surface area contributed by atoms with Crippen molar-refractivity contribution in [2.45, 2.75) is 57.9 Å². The predicted octanol–water partition coefficient (Wildman–Crippen LogP) is 2.93. The molecule has 1 aromatic heterocycles. The second-order valence-corrected chi connectivity index (χ2v) is 5.58. The maximum Gasteiger partial charge on any atom is 0.135 e. The molecule has 2 rings (SSSR count). The maximum absolute atomic E-state index is 5.82. The van der Waals surface area contributed by atoms with E-state index in [2.05, 4.69) is 36.1 Å². The van der Waals surface area contributed by atoms with Gasteiger partial charge in [-0.3, -0.25) is 0 Å². The van der Waals surface area contributed by atoms with E-state index in [4.69, 9.17) is 5.73 Å². The van der Waals surface area contributed by atoms with Crippen molar-refractivity contribution in [3.05, 3.63) is 11.9 Å². The largest absolute Gasteiger partial charge is 0.384 e. The first-order valence-corrected chi connectivity index (χ1v) is 6.41. The van der Waals surface area contributed by atoms with E-state index in [1.54, 1.807) is 0 Å². The molecule has 0 spiro atoms. The summed E-state index contributed by atoms with van der Waals surface area (Å²) in [5, 5.41) is 3.52. The molecule has 1 fully saturated rings. The molecule has 17 heavy (non-hydrogen) atoms. The third-order valence-corrected chi connectivity index (χ3v) is 3.42. The molecule has 4 nitrogen and oxygen atoms in total. The van der Waals surface area contributed by atoms with E-state index in [-0.39, 0.29) is 5.54 Å². The van der Waals surface area contributed by atoms with E-state index in [9.17, 15) is 0 Å². The quantitative estimate of drug-likeness (QED) is 0.844. The summed E-state index contributed by atoms with van der Waals surface area (Å²) in [7, 11) is 0. The van der Waals surface area contributed by atoms with Crippen molar-refractivity contribution < 1.29 is 0 Å². The average molecular weight is 234 g/mol. The zero-order chi connectivity index (χ0) is 12.5. The van der Waals surface area contributed by atoms with Gasteiger partial charge in [0.05, 0.1) is 0 Å². The van der Waals surface area contributed by atoms with Crippen LogP contribution in [0.3, 0.4) is 0 Å². The van der Waals surface area contributed by atoms with E-state index in [1.807, 2.05) is 6.07 Å². The van der Waals surface area contributed by atoms with Crippen molar-refractivity contribution in [2.75, 3.05) is 11.1 Å². The fourth-order valence-corrected chi connectivity index (χ4v) is 2.40. The van der Waals surface area contributed by atoms with E-state index in [1.165, 1.54) is 25.7 Å². The van der Waals surface area contributed by atoms with Gasteiger partial charge in [0.2, 0.25) is 0 Å². The molecular weight excluding hydrogens is 212 g/mol. The Balaban J connectivity index is 2.20. The number of hydrogen-bond acceptors (Lipinski definition) is 4. The second-order valence-electron chi connectivity index (χ2n) is 5.58. The van der Waals surface area contributed by atoms with Crippen LogP contribution >= 0.6 is 0 Å². The van der Waals surface area contributed by atoms with Crippen LogP contribution in [-0.4, -0.2) is 15.5 Å². The molecular formula is C13H22N4. The van der Waals surface area contributed by atoms with Crippen molar-refractivity contribution in [3.8, 4) is 0 Å². The van der Waals surface area contributed by atoms with E-state index < -0.39 is 0 Å². The first-order valence-electron chi connectivity index (χ1n) is 6.41. The lowest BCUT2D eigenvalue weighted by Crippen LogP contribution is -2.31. The number of nitrogen functional groups attached to an aromatic ring is 1. The van der Waals surface area contributed by atoms with Gasteiger partial charge in [-0.25, -0.2) is 9.97 Å². The fourth-order valence-electron chi connectivity index (χ4n) is 2.40. The molecule has 1 aliphatic rings. The first-order chi connectivity index (χ1) is 7.98. The minimum Gasteiger partial charge on any atom is -0.384 e. The summed E-state index contributed by atoms with van der Waals surface area (Å²) in [4.78, 5) is 8.80. The van der Waals surface area contributed by atoms with Gasteiger partial charge in [-0.05, 0) is 19.8 Å². The fraction of sp³-hybridized carbons (Fsp3) is 0.692. The third-order valence-electron chi connectivity index (χ3n) is 3.42. The summed E-state index contributed by atoms with van der Waals surface area (Å²) in [5.74, 6) is 2.53. The lowest BCUT2D eigenvalue weighted by Gasteiger charge is -2.26. The lowest BCUT2D eigenvalue weighted by molar-refractivity contribution is 0.530. The predicted molar refractivity (Wildman–Crippen MR) is 71.0 cm³/mol. The Kier molecular flexibility index (Phi) is 3.22. The Morgan fingerprint density at radius 2 is 1.94 bits per heavy atom. The summed E-state index contributed by atoms with van der Waals surface area (Å²) in [6.45, 7) is 6.42. The van der Waals surface area contributed by atoms with Crippen LogP contribution in [0.4, 0.5) is 11.6 Å². The molecule has 0 atom stereocenters. The second kappa shape index (κ2) is 4.51. The molecule has 1 aromatic rings. The molecule has 0 saturated heterocycles. The Morgan fingerprint density at radius 1 is 1.29 bits per heavy atom. The Labute approximate surface area is 103 Å². The van der Waals surface area contributed by atoms with Crippen LogP contribution < -0.4 is 11.1 Å². The highest BCUT2D eigenvalue weighted by Crippen LogP contribution is 2.32. The van der Waals surface area contributed by atoms with E-state index >= 15 is 0 Å². The summed E-state index contributed by atoms with van der Waals surface area (Å²) >= 11 is 0. The van der Waals surface area contributed by atoms with E-state index in [0.29, 0.717) is 11.7 Å². The van der Waals surface area contributed by atoms with Gasteiger partial charge in [0.15, 0.2) is 0 Å². The van der Waals surface area contributed by atoms with Gasteiger partial charge in [-0.15, -0.1) is 0 Å². The highest BCUT2D eigenvalue weighted by Gasteiger charge is 2.28. The van der Waals surface area contributed by atoms with Gasteiger partial charge in [0.25, 0.3) is 0 Å². The zero-order valence-corrected chi connectivity index (χ0v) is 11.0. The minimum atomic E-state index is 0.176. The number of aromatic nitrogens is 2. The Hall–Kier alpha value is -1.32. The molecule has 0 radical (unpaired) electrons. The van der Waals surface area contributed by atoms with Crippen molar-refractivity contribution in [1.29, 1.82) is 0 Å². The molecule has 4 heteroatoms. The van der Waals surface area contributed by atoms with Crippen LogP contribution in [0.2, 0.25) is 0 Å². The van der Waals surface area contributed by atoms with E-state index in [0.717, 1.165) is 11.6 Å². The molecule has 0 bridgehead atoms. The van der Waals surface area contributed by atoms with Crippen molar-refractivity contribution in [1.82, 2.24) is 9.97 Å². The number of hydrogen-bond donors (Lipinski definition) is 2. The SMILES string of the molecule is CC(C)c1nc(N)cc(NC2(C)CCCC2)n1. The summed E-state index contributed by atoms with van der Waals surface area (Å²) in [6, 6.07) is 1.83. The highest BCUT2D eigenvalue weighted by molar-refractivity contribution is 5.46. The maximum atomic E-state index is 5.82. The van der Waals surface area contributed by atoms with Crippen molar-refractivity contribution >= 4 is 11.6 Å². The monoisotopic (exact) mass is 234 g/mol. The zero-order valence-electron chi connectivity index (χ0n) is 11.0. The number of anilines is 2. The van der Waals surface area contributed by atoms with Crippen LogP contribution in [-0.2, 0) is 0 Å². The summed E-state index contributed by atoms with van der Waals surface area (Å²) in [6.07, 6.45) is 4.99. The van der Waals surface area contributed by atoms with Gasteiger partial charge in [0.1, 0.15) is 17.5 Å². The Bertz CT molecular complexity index is 394. The van der Waals surface area contributed by atoms with Crippen molar-refractivity contribution in [2.24, 2.45) is 0 Å². The molecule has 1 saturated carbocycles. The number of rotatable bonds is 3. The third kappa shape index (κ3) is 2.87. The van der Waals surface area contributed by atoms with Crippen LogP contribution in [0.15, 0.2) is 6.07 Å². The normalized spacial score (nSPS) is 18.6. The molecule has 94 valence electrons. The summed E-state index contributed by atoms with van der Waals surface area (Å²) in [5.41, 5.74) is 6.00. The molecule has 1 aliphatic carbocycles. The standard InChI is InChI=1S/C13H22N4/c1-9(2)12-15-10(14)8-11(16-12)17-13(3)6-4-5-7-13/h8-9H,4-7H2,1-3H3,(H3,14,15,16,17). The van der Waals surface area contributed by atoms with Crippen LogP contribution in [0.1, 0.15) is 58.2 Å². The number of nitrogens with zero attached hydrogens (tertiary/aromatic N) is 2. The van der Waals surface area contributed by atoms with Crippen LogP contribution in [0.5, 0.6) is 0 Å². The van der Waals surface area contributed by atoms with Crippen molar-refractivity contribution in [3.63, 3.8) is 0 Å². The van der Waals surface area contributed by atoms with Gasteiger partial charge in [-0.1, -0.05) is 26.7 Å². The molecule has 1 heterocycles. The topological polar surface area (TPSA) is 63.8 Å². The minimum absolute atomic E-state index is 0.176. The highest BCUT2D eigenvalue weighted by atomic mass is 15.1. The van der Waals surface area contributed by atoms with Gasteiger partial charge < -0.3 is 11.1 Å². The lowest BCUT2D eigenvalue weighted by atomic mass is 10.0. The Morgan fingerprint density at radius 3 is 2.53 bits per heavy atom. The van der Waals surface area contributed by atoms with Crippen LogP contribution in [0.25, 0.3) is 0 Å². The van der Waals surface area contributed by atoms with Crippen LogP contribution in [0, 0.1) is 0 Å². The molecule has 3 N–H and O–H groups in total. The van der Waals surface area contributed by atoms with Gasteiger partial charge in [0, 0.05) is 17.5 Å².